The summed E-state index contributed by atoms with van der Waals surface area (Å²) in [6.45, 7) is 0. The molecule has 0 aromatic heterocycles. The second-order valence-corrected chi connectivity index (χ2v) is 12.1. The van der Waals surface area contributed by atoms with E-state index in [1.54, 1.807) is 11.9 Å². The fourth-order valence-electron chi connectivity index (χ4n) is 7.30. The number of guanidine groups is 1. The van der Waals surface area contributed by atoms with Gasteiger partial charge in [0.2, 0.25) is 0 Å². The van der Waals surface area contributed by atoms with Crippen LogP contribution in [0.25, 0.3) is 10.8 Å². The molecule has 2 aromatic carbocycles. The number of likely N-dealkylation sites (N-methyl/N-ethyl adjacent to an activating group) is 1. The Hall–Kier alpha value is -2.69. The van der Waals surface area contributed by atoms with Crippen molar-refractivity contribution in [3.05, 3.63) is 48.0 Å². The second-order valence-electron chi connectivity index (χ2n) is 12.1. The molecule has 1 aliphatic heterocycles. The predicted molar refractivity (Wildman–Crippen MR) is 150 cm³/mol. The van der Waals surface area contributed by atoms with E-state index in [0.29, 0.717) is 42.3 Å². The minimum absolute atomic E-state index is 0.0790. The van der Waals surface area contributed by atoms with Crippen LogP contribution in [0.3, 0.4) is 0 Å². The van der Waals surface area contributed by atoms with Crippen molar-refractivity contribution in [1.29, 1.82) is 0 Å². The largest absolute Gasteiger partial charge is 0.369 e. The lowest BCUT2D eigenvalue weighted by atomic mass is 9.71. The summed E-state index contributed by atoms with van der Waals surface area (Å²) in [5.41, 5.74) is 6.57. The number of carbonyl (C=O) groups is 2. The SMILES string of the molecule is CN1C(=O)[C@@](CCC2CCCCC2)(C[C@H]2CCC[C@@H](CC(=O)Cc3ccc4ccccc4c3)C2)N=C1N. The van der Waals surface area contributed by atoms with Gasteiger partial charge in [-0.25, -0.2) is 4.99 Å². The zero-order chi connectivity index (χ0) is 25.8. The van der Waals surface area contributed by atoms with Crippen molar-refractivity contribution in [1.82, 2.24) is 4.90 Å². The zero-order valence-electron chi connectivity index (χ0n) is 22.5. The molecule has 5 nitrogen and oxygen atoms in total. The van der Waals surface area contributed by atoms with E-state index in [0.717, 1.165) is 50.5 Å². The molecule has 0 bridgehead atoms. The second kappa shape index (κ2) is 11.4. The molecule has 3 atom stereocenters. The zero-order valence-corrected chi connectivity index (χ0v) is 22.5. The average molecular weight is 502 g/mol. The van der Waals surface area contributed by atoms with Gasteiger partial charge in [0.05, 0.1) is 0 Å². The number of nitrogens with zero attached hydrogens (tertiary/aromatic N) is 2. The third-order valence-corrected chi connectivity index (χ3v) is 9.32. The Morgan fingerprint density at radius 3 is 2.46 bits per heavy atom. The molecule has 0 unspecified atom stereocenters. The Morgan fingerprint density at radius 2 is 1.70 bits per heavy atom. The first-order chi connectivity index (χ1) is 17.9. The number of hydrogen-bond donors (Lipinski definition) is 1. The first-order valence-corrected chi connectivity index (χ1v) is 14.5. The first-order valence-electron chi connectivity index (χ1n) is 14.5. The fraction of sp³-hybridized carbons (Fsp3) is 0.594. The maximum atomic E-state index is 13.4. The van der Waals surface area contributed by atoms with Crippen molar-refractivity contribution in [2.24, 2.45) is 28.5 Å². The number of benzene rings is 2. The predicted octanol–water partition coefficient (Wildman–Crippen LogP) is 6.42. The summed E-state index contributed by atoms with van der Waals surface area (Å²) in [7, 11) is 1.76. The highest BCUT2D eigenvalue weighted by Gasteiger charge is 2.48. The summed E-state index contributed by atoms with van der Waals surface area (Å²) in [4.78, 5) is 32.9. The molecule has 2 saturated carbocycles. The Balaban J connectivity index is 1.20. The van der Waals surface area contributed by atoms with E-state index in [4.69, 9.17) is 10.7 Å². The highest BCUT2D eigenvalue weighted by molar-refractivity contribution is 6.06. The van der Waals surface area contributed by atoms with Gasteiger partial charge < -0.3 is 5.73 Å². The van der Waals surface area contributed by atoms with Crippen molar-refractivity contribution >= 4 is 28.4 Å². The molecule has 2 fully saturated rings. The third kappa shape index (κ3) is 6.08. The molecule has 1 heterocycles. The summed E-state index contributed by atoms with van der Waals surface area (Å²) in [6.07, 6.45) is 14.7. The van der Waals surface area contributed by atoms with Gasteiger partial charge in [0.1, 0.15) is 11.3 Å². The van der Waals surface area contributed by atoms with Gasteiger partial charge in [0.25, 0.3) is 5.91 Å². The molecular formula is C32H43N3O2. The van der Waals surface area contributed by atoms with Crippen LogP contribution in [-0.2, 0) is 16.0 Å². The number of hydrogen-bond acceptors (Lipinski definition) is 4. The van der Waals surface area contributed by atoms with Crippen LogP contribution in [0.4, 0.5) is 0 Å². The van der Waals surface area contributed by atoms with Crippen LogP contribution in [0.1, 0.15) is 89.0 Å². The van der Waals surface area contributed by atoms with Crippen molar-refractivity contribution in [2.45, 2.75) is 95.4 Å². The van der Waals surface area contributed by atoms with Crippen LogP contribution in [0, 0.1) is 17.8 Å². The number of fused-ring (bicyclic) bond motifs is 1. The van der Waals surface area contributed by atoms with Gasteiger partial charge in [0, 0.05) is 19.9 Å². The molecule has 2 aliphatic carbocycles. The molecule has 0 spiro atoms. The molecule has 0 saturated heterocycles. The maximum Gasteiger partial charge on any atom is 0.257 e. The first kappa shape index (κ1) is 25.9. The van der Waals surface area contributed by atoms with E-state index in [1.807, 2.05) is 12.1 Å². The molecule has 198 valence electrons. The van der Waals surface area contributed by atoms with E-state index >= 15 is 0 Å². The Kier molecular flexibility index (Phi) is 7.97. The normalized spacial score (nSPS) is 27.0. The standard InChI is InChI=1S/C32H43N3O2/c1-35-30(37)32(34-31(35)33,17-16-23-8-3-2-4-9-23)22-26-11-7-10-24(18-26)20-29(36)21-25-14-15-27-12-5-6-13-28(27)19-25/h5-6,12-15,19,23-24,26H,2-4,7-11,16-18,20-22H2,1H3,(H2,33,34)/t24-,26+,32-/m1/s1. The number of rotatable bonds is 9. The van der Waals surface area contributed by atoms with Gasteiger partial charge in [-0.1, -0.05) is 93.8 Å². The van der Waals surface area contributed by atoms with Gasteiger partial charge >= 0.3 is 0 Å². The van der Waals surface area contributed by atoms with E-state index in [-0.39, 0.29) is 5.91 Å². The molecule has 2 aromatic rings. The van der Waals surface area contributed by atoms with E-state index in [2.05, 4.69) is 30.3 Å². The topological polar surface area (TPSA) is 75.8 Å². The lowest BCUT2D eigenvalue weighted by Gasteiger charge is -2.35. The lowest BCUT2D eigenvalue weighted by Crippen LogP contribution is -2.44. The Bertz CT molecular complexity index is 1150. The van der Waals surface area contributed by atoms with Gasteiger partial charge in [-0.3, -0.25) is 14.5 Å². The summed E-state index contributed by atoms with van der Waals surface area (Å²) in [5.74, 6) is 2.31. The van der Waals surface area contributed by atoms with E-state index in [9.17, 15) is 9.59 Å². The van der Waals surface area contributed by atoms with Crippen molar-refractivity contribution in [3.63, 3.8) is 0 Å². The summed E-state index contributed by atoms with van der Waals surface area (Å²) < 4.78 is 0. The van der Waals surface area contributed by atoms with Crippen LogP contribution in [0.15, 0.2) is 47.5 Å². The molecule has 37 heavy (non-hydrogen) atoms. The van der Waals surface area contributed by atoms with Crippen LogP contribution in [0.2, 0.25) is 0 Å². The monoisotopic (exact) mass is 501 g/mol. The molecule has 1 amide bonds. The fourth-order valence-corrected chi connectivity index (χ4v) is 7.30. The van der Waals surface area contributed by atoms with E-state index in [1.165, 1.54) is 42.9 Å². The maximum absolute atomic E-state index is 13.4. The highest BCUT2D eigenvalue weighted by atomic mass is 16.2. The molecule has 0 radical (unpaired) electrons. The number of Topliss-reactive ketones (excluding diaryl/α,β-unsaturated/α-hetero) is 1. The molecule has 3 aliphatic rings. The van der Waals surface area contributed by atoms with Gasteiger partial charge in [-0.05, 0) is 59.8 Å². The number of amides is 1. The number of aliphatic imine (C=N–C) groups is 1. The van der Waals surface area contributed by atoms with Gasteiger partial charge in [-0.15, -0.1) is 0 Å². The molecule has 2 N–H and O–H groups in total. The smallest absolute Gasteiger partial charge is 0.257 e. The van der Waals surface area contributed by atoms with Crippen molar-refractivity contribution in [3.8, 4) is 0 Å². The molecular weight excluding hydrogens is 458 g/mol. The molecule has 5 rings (SSSR count). The van der Waals surface area contributed by atoms with Crippen molar-refractivity contribution in [2.75, 3.05) is 7.05 Å². The quantitative estimate of drug-likeness (QED) is 0.430. The van der Waals surface area contributed by atoms with Crippen LogP contribution < -0.4 is 5.73 Å². The van der Waals surface area contributed by atoms with Crippen LogP contribution >= 0.6 is 0 Å². The minimum Gasteiger partial charge on any atom is -0.369 e. The number of carbonyl (C=O) groups excluding carboxylic acids is 2. The number of ketones is 1. The third-order valence-electron chi connectivity index (χ3n) is 9.32. The summed E-state index contributed by atoms with van der Waals surface area (Å²) in [5, 5.41) is 2.40. The Labute approximate surface area is 221 Å². The lowest BCUT2D eigenvalue weighted by molar-refractivity contribution is -0.131. The van der Waals surface area contributed by atoms with Crippen LogP contribution in [-0.4, -0.2) is 35.1 Å². The Morgan fingerprint density at radius 1 is 0.973 bits per heavy atom. The summed E-state index contributed by atoms with van der Waals surface area (Å²) >= 11 is 0. The van der Waals surface area contributed by atoms with Crippen LogP contribution in [0.5, 0.6) is 0 Å². The average Bonchev–Trinajstić information content (AvgIpc) is 3.11. The highest BCUT2D eigenvalue weighted by Crippen LogP contribution is 2.42. The van der Waals surface area contributed by atoms with E-state index < -0.39 is 5.54 Å². The summed E-state index contributed by atoms with van der Waals surface area (Å²) in [6, 6.07) is 14.7. The molecule has 5 heteroatoms. The van der Waals surface area contributed by atoms with Crippen molar-refractivity contribution < 1.29 is 9.59 Å². The minimum atomic E-state index is -0.696. The number of nitrogens with two attached hydrogens (primary N) is 1. The van der Waals surface area contributed by atoms with Gasteiger partial charge in [0.15, 0.2) is 5.96 Å². The van der Waals surface area contributed by atoms with Gasteiger partial charge in [-0.2, -0.15) is 0 Å².